The lowest BCUT2D eigenvalue weighted by Gasteiger charge is -2.33. The monoisotopic (exact) mass is 397 g/mol. The quantitative estimate of drug-likeness (QED) is 0.522. The van der Waals surface area contributed by atoms with E-state index in [1.165, 1.54) is 10.5 Å². The van der Waals surface area contributed by atoms with Crippen molar-refractivity contribution in [2.75, 3.05) is 37.6 Å². The van der Waals surface area contributed by atoms with E-state index in [-0.39, 0.29) is 22.6 Å². The van der Waals surface area contributed by atoms with E-state index in [1.807, 2.05) is 18.2 Å². The molecule has 0 radical (unpaired) electrons. The molecule has 29 heavy (non-hydrogen) atoms. The molecule has 0 unspecified atom stereocenters. The number of hydrogen-bond donors (Lipinski definition) is 2. The normalized spacial score (nSPS) is 15.7. The molecule has 1 fully saturated rings. The molecule has 7 heteroatoms. The van der Waals surface area contributed by atoms with Gasteiger partial charge in [0.1, 0.15) is 0 Å². The van der Waals surface area contributed by atoms with Crippen molar-refractivity contribution in [3.05, 3.63) is 70.3 Å². The zero-order valence-electron chi connectivity index (χ0n) is 16.8. The van der Waals surface area contributed by atoms with E-state index in [9.17, 15) is 14.9 Å². The number of nitro groups is 1. The van der Waals surface area contributed by atoms with Crippen molar-refractivity contribution in [2.45, 2.75) is 25.8 Å². The summed E-state index contributed by atoms with van der Waals surface area (Å²) in [5.41, 5.74) is 2.39. The lowest BCUT2D eigenvalue weighted by Crippen LogP contribution is -3.16. The number of benzene rings is 2. The summed E-state index contributed by atoms with van der Waals surface area (Å²) in [6, 6.07) is 17.1. The summed E-state index contributed by atoms with van der Waals surface area (Å²) in [4.78, 5) is 26.3. The van der Waals surface area contributed by atoms with Gasteiger partial charge in [0.2, 0.25) is 0 Å². The smallest absolute Gasteiger partial charge is 0.275 e. The van der Waals surface area contributed by atoms with Crippen LogP contribution >= 0.6 is 0 Å². The summed E-state index contributed by atoms with van der Waals surface area (Å²) in [5, 5.41) is 13.9. The van der Waals surface area contributed by atoms with Gasteiger partial charge in [-0.2, -0.15) is 0 Å². The molecule has 0 spiro atoms. The Morgan fingerprint density at radius 2 is 1.79 bits per heavy atom. The first-order valence-corrected chi connectivity index (χ1v) is 10.2. The molecule has 7 nitrogen and oxygen atoms in total. The second kappa shape index (κ2) is 10.0. The number of rotatable bonds is 8. The average molecular weight is 397 g/mol. The van der Waals surface area contributed by atoms with E-state index in [0.29, 0.717) is 6.54 Å². The van der Waals surface area contributed by atoms with Gasteiger partial charge in [-0.25, -0.2) is 0 Å². The number of nitrogens with zero attached hydrogens (tertiary/aromatic N) is 2. The number of quaternary nitrogens is 1. The minimum atomic E-state index is -0.384. The number of carbonyl (C=O) groups is 1. The van der Waals surface area contributed by atoms with Gasteiger partial charge in [0.15, 0.2) is 6.54 Å². The van der Waals surface area contributed by atoms with Gasteiger partial charge in [0.05, 0.1) is 31.1 Å². The van der Waals surface area contributed by atoms with Crippen molar-refractivity contribution < 1.29 is 14.6 Å². The van der Waals surface area contributed by atoms with Gasteiger partial charge < -0.3 is 15.1 Å². The van der Waals surface area contributed by atoms with Crippen LogP contribution in [0.25, 0.3) is 0 Å². The molecular weight excluding hydrogens is 368 g/mol. The van der Waals surface area contributed by atoms with Gasteiger partial charge in [-0.05, 0) is 37.5 Å². The molecule has 2 aromatic carbocycles. The minimum absolute atomic E-state index is 0.101. The number of nitro benzene ring substituents is 1. The predicted octanol–water partition coefficient (Wildman–Crippen LogP) is 1.44. The van der Waals surface area contributed by atoms with Crippen molar-refractivity contribution in [1.29, 1.82) is 0 Å². The van der Waals surface area contributed by atoms with Gasteiger partial charge in [-0.3, -0.25) is 14.9 Å². The lowest BCUT2D eigenvalue weighted by atomic mass is 10.1. The fraction of sp³-hybridized carbons (Fsp3) is 0.409. The summed E-state index contributed by atoms with van der Waals surface area (Å²) in [6.45, 7) is 5.98. The number of aryl methyl sites for hydroxylation is 1. The van der Waals surface area contributed by atoms with E-state index in [4.69, 9.17) is 0 Å². The van der Waals surface area contributed by atoms with Crippen molar-refractivity contribution in [3.8, 4) is 0 Å². The van der Waals surface area contributed by atoms with Crippen LogP contribution in [0, 0.1) is 10.1 Å². The van der Waals surface area contributed by atoms with Crippen molar-refractivity contribution in [1.82, 2.24) is 5.32 Å². The highest BCUT2D eigenvalue weighted by Gasteiger charge is 2.23. The molecule has 1 amide bonds. The van der Waals surface area contributed by atoms with Gasteiger partial charge in [0, 0.05) is 23.9 Å². The lowest BCUT2D eigenvalue weighted by molar-refractivity contribution is -0.892. The zero-order chi connectivity index (χ0) is 20.6. The Hall–Kier alpha value is -2.93. The van der Waals surface area contributed by atoms with E-state index in [1.54, 1.807) is 24.3 Å². The predicted molar refractivity (Wildman–Crippen MR) is 113 cm³/mol. The molecule has 1 aliphatic rings. The van der Waals surface area contributed by atoms with Crippen molar-refractivity contribution in [3.63, 3.8) is 0 Å². The molecule has 0 aromatic heterocycles. The maximum absolute atomic E-state index is 12.4. The summed E-state index contributed by atoms with van der Waals surface area (Å²) in [6.07, 6.45) is 1.89. The average Bonchev–Trinajstić information content (AvgIpc) is 2.73. The van der Waals surface area contributed by atoms with Gasteiger partial charge >= 0.3 is 0 Å². The molecule has 0 saturated carbocycles. The van der Waals surface area contributed by atoms with Crippen LogP contribution in [0.5, 0.6) is 0 Å². The second-order valence-electron chi connectivity index (χ2n) is 7.68. The first-order valence-electron chi connectivity index (χ1n) is 10.2. The molecule has 0 aliphatic carbocycles. The summed E-state index contributed by atoms with van der Waals surface area (Å²) in [7, 11) is 0. The third-order valence-electron chi connectivity index (χ3n) is 5.42. The maximum atomic E-state index is 12.4. The highest BCUT2D eigenvalue weighted by molar-refractivity contribution is 5.77. The first kappa shape index (κ1) is 20.8. The maximum Gasteiger partial charge on any atom is 0.275 e. The Bertz CT molecular complexity index is 803. The van der Waals surface area contributed by atoms with Crippen LogP contribution < -0.4 is 15.1 Å². The fourth-order valence-electron chi connectivity index (χ4n) is 3.70. The molecule has 2 N–H and O–H groups in total. The Morgan fingerprint density at radius 3 is 2.41 bits per heavy atom. The van der Waals surface area contributed by atoms with Crippen LogP contribution in [-0.2, 0) is 11.2 Å². The summed E-state index contributed by atoms with van der Waals surface area (Å²) in [5.74, 6) is 0.101. The number of anilines is 1. The van der Waals surface area contributed by atoms with E-state index in [0.717, 1.165) is 44.7 Å². The Morgan fingerprint density at radius 1 is 1.14 bits per heavy atom. The topological polar surface area (TPSA) is 79.9 Å². The number of amides is 1. The minimum Gasteiger partial charge on any atom is -0.360 e. The Balaban J connectivity index is 1.38. The molecule has 1 heterocycles. The van der Waals surface area contributed by atoms with Crippen LogP contribution in [0.15, 0.2) is 54.6 Å². The number of carbonyl (C=O) groups excluding carboxylic acids is 1. The van der Waals surface area contributed by atoms with Crippen molar-refractivity contribution in [2.24, 2.45) is 0 Å². The first-order chi connectivity index (χ1) is 14.0. The fourth-order valence-corrected chi connectivity index (χ4v) is 3.70. The molecule has 1 atom stereocenters. The third kappa shape index (κ3) is 6.29. The SMILES string of the molecule is C[C@@H](CCc1ccccc1)NC(=O)C[NH+]1CCN(c2ccc([N+](=O)[O-])cc2)CC1. The molecule has 1 saturated heterocycles. The summed E-state index contributed by atoms with van der Waals surface area (Å²) < 4.78 is 0. The van der Waals surface area contributed by atoms with Gasteiger partial charge in [-0.15, -0.1) is 0 Å². The van der Waals surface area contributed by atoms with E-state index in [2.05, 4.69) is 29.3 Å². The Labute approximate surface area is 171 Å². The standard InChI is InChI=1S/C22H28N4O3/c1-18(7-8-19-5-3-2-4-6-19)23-22(27)17-24-13-15-25(16-14-24)20-9-11-21(12-10-20)26(28)29/h2-6,9-12,18H,7-8,13-17H2,1H3,(H,23,27)/p+1/t18-/m0/s1. The Kier molecular flexibility index (Phi) is 7.19. The molecule has 1 aliphatic heterocycles. The number of piperazine rings is 1. The second-order valence-corrected chi connectivity index (χ2v) is 7.68. The molecule has 154 valence electrons. The van der Waals surface area contributed by atoms with E-state index >= 15 is 0 Å². The molecule has 2 aromatic rings. The van der Waals surface area contributed by atoms with Gasteiger partial charge in [-0.1, -0.05) is 30.3 Å². The van der Waals surface area contributed by atoms with Crippen LogP contribution in [0.1, 0.15) is 18.9 Å². The molecular formula is C22H29N4O3+. The number of non-ortho nitro benzene ring substituents is 1. The number of nitrogens with one attached hydrogen (secondary N) is 2. The van der Waals surface area contributed by atoms with Crippen LogP contribution in [0.4, 0.5) is 11.4 Å². The van der Waals surface area contributed by atoms with Crippen LogP contribution in [0.2, 0.25) is 0 Å². The highest BCUT2D eigenvalue weighted by Crippen LogP contribution is 2.19. The van der Waals surface area contributed by atoms with E-state index < -0.39 is 0 Å². The zero-order valence-corrected chi connectivity index (χ0v) is 16.8. The highest BCUT2D eigenvalue weighted by atomic mass is 16.6. The molecule has 0 bridgehead atoms. The van der Waals surface area contributed by atoms with Gasteiger partial charge in [0.25, 0.3) is 11.6 Å². The largest absolute Gasteiger partial charge is 0.360 e. The van der Waals surface area contributed by atoms with Crippen molar-refractivity contribution >= 4 is 17.3 Å². The molecule has 3 rings (SSSR count). The number of hydrogen-bond acceptors (Lipinski definition) is 4. The van der Waals surface area contributed by atoms with Crippen LogP contribution in [0.3, 0.4) is 0 Å². The summed E-state index contributed by atoms with van der Waals surface area (Å²) >= 11 is 0. The van der Waals surface area contributed by atoms with Crippen LogP contribution in [-0.4, -0.2) is 49.6 Å². The third-order valence-corrected chi connectivity index (χ3v) is 5.42.